The number of halogens is 2. The van der Waals surface area contributed by atoms with Crippen LogP contribution in [0.5, 0.6) is 5.75 Å². The zero-order valence-corrected chi connectivity index (χ0v) is 23.5. The highest BCUT2D eigenvalue weighted by Gasteiger charge is 2.48. The molecule has 0 radical (unpaired) electrons. The zero-order chi connectivity index (χ0) is 28.6. The fraction of sp³-hybridized carbons (Fsp3) is 0.607. The second-order valence-corrected chi connectivity index (χ2v) is 11.3. The van der Waals surface area contributed by atoms with E-state index in [1.807, 2.05) is 0 Å². The first-order valence-corrected chi connectivity index (χ1v) is 14.0. The average molecular weight is 560 g/mol. The van der Waals surface area contributed by atoms with E-state index in [1.54, 1.807) is 23.1 Å². The van der Waals surface area contributed by atoms with E-state index < -0.39 is 24.6 Å². The highest BCUT2D eigenvalue weighted by atomic mass is 19.3. The molecule has 2 aliphatic heterocycles. The minimum atomic E-state index is -3.54. The van der Waals surface area contributed by atoms with Gasteiger partial charge in [-0.15, -0.1) is 0 Å². The summed E-state index contributed by atoms with van der Waals surface area (Å²) in [6.07, 6.45) is 5.05. The van der Waals surface area contributed by atoms with E-state index in [0.717, 1.165) is 50.1 Å². The van der Waals surface area contributed by atoms with Crippen molar-refractivity contribution in [1.82, 2.24) is 20.2 Å². The van der Waals surface area contributed by atoms with Gasteiger partial charge in [0.15, 0.2) is 5.82 Å². The molecule has 40 heavy (non-hydrogen) atoms. The van der Waals surface area contributed by atoms with E-state index in [2.05, 4.69) is 39.3 Å². The van der Waals surface area contributed by atoms with E-state index in [9.17, 15) is 18.7 Å². The first kappa shape index (κ1) is 28.4. The van der Waals surface area contributed by atoms with Crippen LogP contribution in [0.25, 0.3) is 0 Å². The van der Waals surface area contributed by atoms with Crippen molar-refractivity contribution in [2.75, 3.05) is 48.9 Å². The number of aliphatic hydroxyl groups excluding tert-OH is 1. The summed E-state index contributed by atoms with van der Waals surface area (Å²) in [5, 5.41) is 17.1. The fourth-order valence-electron chi connectivity index (χ4n) is 5.74. The lowest BCUT2D eigenvalue weighted by molar-refractivity contribution is -0.140. The number of benzene rings is 1. The number of rotatable bonds is 8. The maximum Gasteiger partial charge on any atom is 0.342 e. The molecule has 12 heteroatoms. The Labute approximate surface area is 233 Å². The smallest absolute Gasteiger partial charge is 0.342 e. The number of alkyl halides is 2. The normalized spacial score (nSPS) is 21.1. The molecule has 1 aromatic heterocycles. The molecule has 1 saturated carbocycles. The molecule has 10 nitrogen and oxygen atoms in total. The molecule has 1 saturated heterocycles. The van der Waals surface area contributed by atoms with Gasteiger partial charge in [0.2, 0.25) is 5.95 Å². The van der Waals surface area contributed by atoms with Crippen molar-refractivity contribution in [2.45, 2.75) is 76.2 Å². The highest BCUT2D eigenvalue weighted by molar-refractivity contribution is 6.02. The van der Waals surface area contributed by atoms with Crippen molar-refractivity contribution in [3.8, 4) is 5.75 Å². The van der Waals surface area contributed by atoms with Crippen LogP contribution < -0.4 is 25.2 Å². The number of aliphatic hydroxyl groups is 1. The molecular formula is C28H39F2N7O3. The Morgan fingerprint density at radius 3 is 2.58 bits per heavy atom. The van der Waals surface area contributed by atoms with E-state index in [0.29, 0.717) is 28.9 Å². The Balaban J connectivity index is 1.38. The van der Waals surface area contributed by atoms with Crippen LogP contribution in [0.3, 0.4) is 0 Å². The van der Waals surface area contributed by atoms with Crippen LogP contribution >= 0.6 is 0 Å². The van der Waals surface area contributed by atoms with Gasteiger partial charge in [0.05, 0.1) is 25.5 Å². The molecule has 1 amide bonds. The largest absolute Gasteiger partial charge is 0.495 e. The summed E-state index contributed by atoms with van der Waals surface area (Å²) < 4.78 is 35.5. The summed E-state index contributed by atoms with van der Waals surface area (Å²) in [5.41, 5.74) is 1.46. The van der Waals surface area contributed by atoms with E-state index in [4.69, 9.17) is 4.74 Å². The molecule has 3 N–H and O–H groups in total. The Kier molecular flexibility index (Phi) is 8.12. The number of nitrogens with zero attached hydrogens (tertiary/aromatic N) is 5. The number of carbonyl (C=O) groups excluding carboxylic acids is 1. The molecule has 1 atom stereocenters. The number of hydrogen-bond donors (Lipinski definition) is 3. The molecule has 1 aromatic carbocycles. The predicted molar refractivity (Wildman–Crippen MR) is 149 cm³/mol. The number of ether oxygens (including phenoxy) is 1. The first-order valence-electron chi connectivity index (χ1n) is 14.0. The van der Waals surface area contributed by atoms with E-state index >= 15 is 0 Å². The van der Waals surface area contributed by atoms with Gasteiger partial charge in [-0.05, 0) is 44.4 Å². The summed E-state index contributed by atoms with van der Waals surface area (Å²) in [7, 11) is 2.86. The first-order chi connectivity index (χ1) is 19.1. The molecule has 218 valence electrons. The highest BCUT2D eigenvalue weighted by Crippen LogP contribution is 2.40. The van der Waals surface area contributed by atoms with Gasteiger partial charge in [0.25, 0.3) is 5.91 Å². The standard InChI is InChI=1S/C28H39F2N7O3/c1-17(2)36-14-19(15-36)32-25(38)18-10-11-21(23(12-18)40-4)33-27-31-13-22-24(34-27)37(20-8-6-5-7-9-20)16-28(29,30)26(39)35(22)3/h10-13,17,19-20,25,32,38H,5-9,14-16H2,1-4H3,(H,31,33,34). The third kappa shape index (κ3) is 5.70. The van der Waals surface area contributed by atoms with Crippen LogP contribution in [-0.4, -0.2) is 83.7 Å². The second-order valence-electron chi connectivity index (χ2n) is 11.3. The van der Waals surface area contributed by atoms with Crippen molar-refractivity contribution in [3.05, 3.63) is 30.0 Å². The molecule has 2 aromatic rings. The molecule has 3 heterocycles. The van der Waals surface area contributed by atoms with Crippen molar-refractivity contribution in [2.24, 2.45) is 0 Å². The van der Waals surface area contributed by atoms with Crippen LogP contribution in [0.15, 0.2) is 24.4 Å². The summed E-state index contributed by atoms with van der Waals surface area (Å²) in [6, 6.07) is 5.83. The minimum Gasteiger partial charge on any atom is -0.495 e. The number of likely N-dealkylation sites (tertiary alicyclic amines) is 1. The van der Waals surface area contributed by atoms with Gasteiger partial charge in [-0.25, -0.2) is 4.98 Å². The Bertz CT molecular complexity index is 1220. The van der Waals surface area contributed by atoms with Gasteiger partial charge in [-0.3, -0.25) is 15.0 Å². The van der Waals surface area contributed by atoms with Crippen molar-refractivity contribution < 1.29 is 23.4 Å². The van der Waals surface area contributed by atoms with Crippen molar-refractivity contribution in [1.29, 1.82) is 0 Å². The molecule has 1 aliphatic carbocycles. The van der Waals surface area contributed by atoms with E-state index in [1.165, 1.54) is 20.4 Å². The third-order valence-corrected chi connectivity index (χ3v) is 8.21. The maximum absolute atomic E-state index is 14.9. The van der Waals surface area contributed by atoms with Crippen LogP contribution in [0.1, 0.15) is 57.7 Å². The summed E-state index contributed by atoms with van der Waals surface area (Å²) in [6.45, 7) is 5.34. The number of amides is 1. The molecule has 2 fully saturated rings. The van der Waals surface area contributed by atoms with Gasteiger partial charge in [0, 0.05) is 38.3 Å². The lowest BCUT2D eigenvalue weighted by Gasteiger charge is -2.43. The van der Waals surface area contributed by atoms with Crippen LogP contribution in [0.2, 0.25) is 0 Å². The lowest BCUT2D eigenvalue weighted by atomic mass is 9.94. The third-order valence-electron chi connectivity index (χ3n) is 8.21. The minimum absolute atomic E-state index is 0.133. The summed E-state index contributed by atoms with van der Waals surface area (Å²) in [5.74, 6) is -3.83. The van der Waals surface area contributed by atoms with Crippen LogP contribution in [0.4, 0.5) is 31.9 Å². The molecule has 0 bridgehead atoms. The molecule has 5 rings (SSSR count). The van der Waals surface area contributed by atoms with Gasteiger partial charge in [0.1, 0.15) is 17.7 Å². The van der Waals surface area contributed by atoms with Gasteiger partial charge < -0.3 is 25.0 Å². The number of fused-ring (bicyclic) bond motifs is 1. The number of nitrogens with one attached hydrogen (secondary N) is 2. The second kappa shape index (κ2) is 11.4. The zero-order valence-electron chi connectivity index (χ0n) is 23.5. The molecule has 0 spiro atoms. The SMILES string of the molecule is COc1cc(C(O)NC2CN(C(C)C)C2)ccc1Nc1ncc2c(n1)N(C1CCCCC1)CC(F)(F)C(=O)N2C. The predicted octanol–water partition coefficient (Wildman–Crippen LogP) is 3.65. The molecule has 3 aliphatic rings. The van der Waals surface area contributed by atoms with Crippen molar-refractivity contribution >= 4 is 29.0 Å². The Morgan fingerprint density at radius 1 is 1.18 bits per heavy atom. The number of methoxy groups -OCH3 is 1. The lowest BCUT2D eigenvalue weighted by Crippen LogP contribution is -2.60. The number of hydrogen-bond acceptors (Lipinski definition) is 9. The quantitative estimate of drug-likeness (QED) is 0.418. The molecule has 1 unspecified atom stereocenters. The van der Waals surface area contributed by atoms with Gasteiger partial charge in [-0.1, -0.05) is 25.3 Å². The number of carbonyl (C=O) groups is 1. The summed E-state index contributed by atoms with van der Waals surface area (Å²) in [4.78, 5) is 26.4. The Hall–Kier alpha value is -3.09. The fourth-order valence-corrected chi connectivity index (χ4v) is 5.74. The number of aromatic nitrogens is 2. The van der Waals surface area contributed by atoms with E-state index in [-0.39, 0.29) is 23.7 Å². The van der Waals surface area contributed by atoms with Crippen LogP contribution in [-0.2, 0) is 4.79 Å². The van der Waals surface area contributed by atoms with Gasteiger partial charge >= 0.3 is 5.92 Å². The molecular weight excluding hydrogens is 520 g/mol. The van der Waals surface area contributed by atoms with Gasteiger partial charge in [-0.2, -0.15) is 13.8 Å². The monoisotopic (exact) mass is 559 g/mol. The Morgan fingerprint density at radius 2 is 1.90 bits per heavy atom. The average Bonchev–Trinajstić information content (AvgIpc) is 2.99. The maximum atomic E-state index is 14.9. The number of anilines is 4. The topological polar surface area (TPSA) is 106 Å². The van der Waals surface area contributed by atoms with Crippen molar-refractivity contribution in [3.63, 3.8) is 0 Å². The summed E-state index contributed by atoms with van der Waals surface area (Å²) >= 11 is 0. The van der Waals surface area contributed by atoms with Crippen LogP contribution in [0, 0.1) is 0 Å².